The van der Waals surface area contributed by atoms with Crippen LogP contribution in [0.5, 0.6) is 5.75 Å². The normalized spacial score (nSPS) is 21.2. The number of nitrogens with zero attached hydrogens (tertiary/aromatic N) is 3. The summed E-state index contributed by atoms with van der Waals surface area (Å²) in [6.45, 7) is 0.783. The van der Waals surface area contributed by atoms with E-state index >= 15 is 0 Å². The highest BCUT2D eigenvalue weighted by Crippen LogP contribution is 2.42. The highest BCUT2D eigenvalue weighted by molar-refractivity contribution is 7.98. The van der Waals surface area contributed by atoms with Gasteiger partial charge in [-0.25, -0.2) is 4.79 Å². The van der Waals surface area contributed by atoms with Crippen molar-refractivity contribution < 1.29 is 19.2 Å². The van der Waals surface area contributed by atoms with Crippen molar-refractivity contribution >= 4 is 35.0 Å². The molecule has 10 heteroatoms. The zero-order valence-corrected chi connectivity index (χ0v) is 19.1. The van der Waals surface area contributed by atoms with Crippen LogP contribution in [0.1, 0.15) is 31.0 Å². The molecule has 0 aromatic heterocycles. The number of carbonyl (C=O) groups excluding carboxylic acids is 2. The zero-order chi connectivity index (χ0) is 23.5. The van der Waals surface area contributed by atoms with Crippen LogP contribution in [-0.4, -0.2) is 52.3 Å². The molecule has 174 valence electrons. The lowest BCUT2D eigenvalue weighted by molar-refractivity contribution is -0.384. The Hall–Kier alpha value is -2.95. The predicted octanol–water partition coefficient (Wildman–Crippen LogP) is 3.09. The maximum Gasteiger partial charge on any atom is 0.328 e. The Balaban J connectivity index is 1.56. The standard InChI is InChI=1S/C23H26N4O5S/c1-33-14-12-19(24)23(29)32-18-10-4-15(5-11-18)21-25-13-2-3-20(25)22(28)26(21)16-6-8-17(9-7-16)27(30)31/h4-11,19-21H,2-3,12-14,24H2,1H3/t19-,20-,21+/m0/s1. The third kappa shape index (κ3) is 4.73. The van der Waals surface area contributed by atoms with E-state index in [2.05, 4.69) is 4.90 Å². The number of ether oxygens (including phenoxy) is 1. The second-order valence-corrected chi connectivity index (χ2v) is 9.11. The predicted molar refractivity (Wildman–Crippen MR) is 126 cm³/mol. The molecule has 0 aliphatic carbocycles. The minimum Gasteiger partial charge on any atom is -0.425 e. The number of benzene rings is 2. The molecule has 2 N–H and O–H groups in total. The SMILES string of the molecule is CSCC[C@H](N)C(=O)Oc1ccc([C@H]2N(c3ccc([N+](=O)[O-])cc3)C(=O)[C@@H]3CCCN32)cc1. The van der Waals surface area contributed by atoms with Gasteiger partial charge in [-0.2, -0.15) is 11.8 Å². The van der Waals surface area contributed by atoms with E-state index in [-0.39, 0.29) is 23.8 Å². The Kier molecular flexibility index (Phi) is 6.96. The van der Waals surface area contributed by atoms with Crippen molar-refractivity contribution in [1.29, 1.82) is 0 Å². The second kappa shape index (κ2) is 9.90. The summed E-state index contributed by atoms with van der Waals surface area (Å²) in [4.78, 5) is 39.8. The molecule has 2 fully saturated rings. The van der Waals surface area contributed by atoms with Crippen molar-refractivity contribution in [2.75, 3.05) is 23.5 Å². The van der Waals surface area contributed by atoms with Crippen molar-refractivity contribution in [3.8, 4) is 5.75 Å². The number of nitro groups is 1. The molecule has 33 heavy (non-hydrogen) atoms. The van der Waals surface area contributed by atoms with E-state index in [1.165, 1.54) is 12.1 Å². The Morgan fingerprint density at radius 1 is 1.24 bits per heavy atom. The first-order chi connectivity index (χ1) is 15.9. The van der Waals surface area contributed by atoms with Gasteiger partial charge in [0.2, 0.25) is 5.91 Å². The van der Waals surface area contributed by atoms with Crippen LogP contribution in [0.15, 0.2) is 48.5 Å². The molecular formula is C23H26N4O5S. The monoisotopic (exact) mass is 470 g/mol. The minimum atomic E-state index is -0.674. The fraction of sp³-hybridized carbons (Fsp3) is 0.391. The lowest BCUT2D eigenvalue weighted by atomic mass is 10.1. The number of rotatable bonds is 8. The van der Waals surface area contributed by atoms with Gasteiger partial charge in [-0.1, -0.05) is 12.1 Å². The van der Waals surface area contributed by atoms with Gasteiger partial charge < -0.3 is 10.5 Å². The van der Waals surface area contributed by atoms with Gasteiger partial charge in [0, 0.05) is 24.4 Å². The van der Waals surface area contributed by atoms with Crippen molar-refractivity contribution in [3.05, 3.63) is 64.2 Å². The molecule has 0 bridgehead atoms. The van der Waals surface area contributed by atoms with Gasteiger partial charge in [0.1, 0.15) is 18.0 Å². The van der Waals surface area contributed by atoms with E-state index in [9.17, 15) is 19.7 Å². The van der Waals surface area contributed by atoms with E-state index < -0.39 is 16.9 Å². The van der Waals surface area contributed by atoms with Gasteiger partial charge in [-0.15, -0.1) is 0 Å². The molecule has 2 heterocycles. The molecule has 2 aliphatic heterocycles. The number of fused-ring (bicyclic) bond motifs is 1. The molecule has 0 spiro atoms. The highest BCUT2D eigenvalue weighted by atomic mass is 32.2. The zero-order valence-electron chi connectivity index (χ0n) is 18.3. The van der Waals surface area contributed by atoms with E-state index in [1.54, 1.807) is 40.9 Å². The van der Waals surface area contributed by atoms with E-state index in [4.69, 9.17) is 10.5 Å². The summed E-state index contributed by atoms with van der Waals surface area (Å²) in [6.07, 6.45) is 3.88. The summed E-state index contributed by atoms with van der Waals surface area (Å²) in [5, 5.41) is 11.0. The number of esters is 1. The Labute approximate surface area is 196 Å². The summed E-state index contributed by atoms with van der Waals surface area (Å²) in [7, 11) is 0. The van der Waals surface area contributed by atoms with Crippen LogP contribution in [0.3, 0.4) is 0 Å². The fourth-order valence-corrected chi connectivity index (χ4v) is 4.87. The van der Waals surface area contributed by atoms with E-state index in [0.717, 1.165) is 30.7 Å². The molecule has 2 aromatic carbocycles. The van der Waals surface area contributed by atoms with Gasteiger partial charge in [0.25, 0.3) is 5.69 Å². The van der Waals surface area contributed by atoms with Crippen LogP contribution in [-0.2, 0) is 9.59 Å². The quantitative estimate of drug-likeness (QED) is 0.271. The van der Waals surface area contributed by atoms with Gasteiger partial charge in [-0.3, -0.25) is 24.7 Å². The first-order valence-corrected chi connectivity index (χ1v) is 12.2. The van der Waals surface area contributed by atoms with Gasteiger partial charge >= 0.3 is 5.97 Å². The Bertz CT molecular complexity index is 1030. The summed E-state index contributed by atoms with van der Waals surface area (Å²) < 4.78 is 5.41. The van der Waals surface area contributed by atoms with Crippen molar-refractivity contribution in [2.24, 2.45) is 5.73 Å². The van der Waals surface area contributed by atoms with E-state index in [0.29, 0.717) is 17.9 Å². The maximum atomic E-state index is 13.2. The molecular weight excluding hydrogens is 444 g/mol. The average Bonchev–Trinajstić information content (AvgIpc) is 3.40. The summed E-state index contributed by atoms with van der Waals surface area (Å²) in [5.41, 5.74) is 7.35. The van der Waals surface area contributed by atoms with Gasteiger partial charge in [0.05, 0.1) is 11.0 Å². The molecule has 9 nitrogen and oxygen atoms in total. The third-order valence-electron chi connectivity index (χ3n) is 6.05. The van der Waals surface area contributed by atoms with Crippen molar-refractivity contribution in [3.63, 3.8) is 0 Å². The smallest absolute Gasteiger partial charge is 0.328 e. The summed E-state index contributed by atoms with van der Waals surface area (Å²) in [5.74, 6) is 0.689. The van der Waals surface area contributed by atoms with Crippen LogP contribution in [0.2, 0.25) is 0 Å². The molecule has 2 aliphatic rings. The summed E-state index contributed by atoms with van der Waals surface area (Å²) >= 11 is 1.62. The largest absolute Gasteiger partial charge is 0.425 e. The van der Waals surface area contributed by atoms with Crippen molar-refractivity contribution in [1.82, 2.24) is 4.90 Å². The number of nitro benzene ring substituents is 1. The van der Waals surface area contributed by atoms with E-state index in [1.807, 2.05) is 18.4 Å². The second-order valence-electron chi connectivity index (χ2n) is 8.13. The van der Waals surface area contributed by atoms with Crippen molar-refractivity contribution in [2.45, 2.75) is 37.5 Å². The van der Waals surface area contributed by atoms with Crippen LogP contribution in [0.25, 0.3) is 0 Å². The molecule has 3 atom stereocenters. The minimum absolute atomic E-state index is 0.0124. The Morgan fingerprint density at radius 2 is 1.94 bits per heavy atom. The molecule has 0 radical (unpaired) electrons. The lowest BCUT2D eigenvalue weighted by Gasteiger charge is -2.29. The fourth-order valence-electron chi connectivity index (χ4n) is 4.38. The number of amides is 1. The van der Waals surface area contributed by atoms with Crippen LogP contribution < -0.4 is 15.4 Å². The molecule has 1 amide bonds. The highest BCUT2D eigenvalue weighted by Gasteiger charge is 2.49. The van der Waals surface area contributed by atoms with Gasteiger partial charge in [-0.05, 0) is 61.1 Å². The maximum absolute atomic E-state index is 13.2. The molecule has 0 saturated carbocycles. The van der Waals surface area contributed by atoms with Crippen LogP contribution in [0.4, 0.5) is 11.4 Å². The first-order valence-electron chi connectivity index (χ1n) is 10.8. The average molecular weight is 471 g/mol. The third-order valence-corrected chi connectivity index (χ3v) is 6.69. The molecule has 4 rings (SSSR count). The Morgan fingerprint density at radius 3 is 2.58 bits per heavy atom. The summed E-state index contributed by atoms with van der Waals surface area (Å²) in [6, 6.07) is 12.2. The molecule has 0 unspecified atom stereocenters. The van der Waals surface area contributed by atoms with Gasteiger partial charge in [0.15, 0.2) is 0 Å². The number of thioether (sulfide) groups is 1. The number of nitrogens with two attached hydrogens (primary N) is 1. The lowest BCUT2D eigenvalue weighted by Crippen LogP contribution is -2.34. The van der Waals surface area contributed by atoms with Crippen LogP contribution >= 0.6 is 11.8 Å². The number of hydrogen-bond acceptors (Lipinski definition) is 8. The number of anilines is 1. The molecule has 2 saturated heterocycles. The van der Waals surface area contributed by atoms with Crippen LogP contribution in [0, 0.1) is 10.1 Å². The molecule has 2 aromatic rings. The number of carbonyl (C=O) groups is 2. The number of hydrogen-bond donors (Lipinski definition) is 1. The topological polar surface area (TPSA) is 119 Å². The first kappa shape index (κ1) is 23.2. The number of non-ortho nitro benzene ring substituents is 1.